The number of hydrogen-bond donors (Lipinski definition) is 0. The summed E-state index contributed by atoms with van der Waals surface area (Å²) in [7, 11) is 0. The molecule has 0 bridgehead atoms. The van der Waals surface area contributed by atoms with Crippen molar-refractivity contribution in [1.82, 2.24) is 0 Å². The van der Waals surface area contributed by atoms with Gasteiger partial charge in [-0.2, -0.15) is 13.2 Å². The van der Waals surface area contributed by atoms with Gasteiger partial charge in [0.1, 0.15) is 11.3 Å². The van der Waals surface area contributed by atoms with Gasteiger partial charge in [0.25, 0.3) is 0 Å². The zero-order valence-corrected chi connectivity index (χ0v) is 7.77. The molecule has 0 unspecified atom stereocenters. The van der Waals surface area contributed by atoms with Crippen LogP contribution in [0.1, 0.15) is 11.3 Å². The van der Waals surface area contributed by atoms with Crippen LogP contribution in [-0.4, -0.2) is 0 Å². The van der Waals surface area contributed by atoms with Crippen LogP contribution >= 0.6 is 0 Å². The maximum Gasteiger partial charge on any atom is 0.416 e. The van der Waals surface area contributed by atoms with E-state index in [1.807, 2.05) is 0 Å². The summed E-state index contributed by atoms with van der Waals surface area (Å²) in [5.41, 5.74) is -0.441. The highest BCUT2D eigenvalue weighted by Crippen LogP contribution is 2.32. The van der Waals surface area contributed by atoms with E-state index < -0.39 is 11.7 Å². The summed E-state index contributed by atoms with van der Waals surface area (Å²) in [6.45, 7) is 3.61. The molecule has 0 amide bonds. The average molecular weight is 213 g/mol. The topological polar surface area (TPSA) is 13.1 Å². The first-order valence-electron chi connectivity index (χ1n) is 4.39. The first-order valence-corrected chi connectivity index (χ1v) is 4.39. The van der Waals surface area contributed by atoms with Gasteiger partial charge in [-0.15, -0.1) is 0 Å². The Balaban J connectivity index is 2.55. The van der Waals surface area contributed by atoms with Crippen LogP contribution in [0.3, 0.4) is 0 Å². The molecule has 1 radical (unpaired) electrons. The summed E-state index contributed by atoms with van der Waals surface area (Å²) in [6.07, 6.45) is -3.90. The van der Waals surface area contributed by atoms with Gasteiger partial charge in [-0.05, 0) is 25.1 Å². The molecule has 1 aromatic carbocycles. The minimum atomic E-state index is -4.33. The standard InChI is InChI=1S/C11H8F3O/c1-2-9-5-7-3-4-8(11(12,13)14)6-10(7)15-9/h3-6H,1-2H2. The molecule has 1 aromatic heterocycles. The van der Waals surface area contributed by atoms with Gasteiger partial charge in [0.15, 0.2) is 0 Å². The SMILES string of the molecule is [CH2]Cc1cc2ccc(C(F)(F)F)cc2o1. The highest BCUT2D eigenvalue weighted by Gasteiger charge is 2.30. The van der Waals surface area contributed by atoms with Crippen LogP contribution in [0.25, 0.3) is 11.0 Å². The molecule has 79 valence electrons. The first-order chi connectivity index (χ1) is 7.00. The van der Waals surface area contributed by atoms with Gasteiger partial charge >= 0.3 is 6.18 Å². The van der Waals surface area contributed by atoms with E-state index in [9.17, 15) is 13.2 Å². The van der Waals surface area contributed by atoms with E-state index in [4.69, 9.17) is 4.42 Å². The van der Waals surface area contributed by atoms with E-state index >= 15 is 0 Å². The lowest BCUT2D eigenvalue weighted by molar-refractivity contribution is -0.137. The van der Waals surface area contributed by atoms with Crippen LogP contribution in [-0.2, 0) is 12.6 Å². The highest BCUT2D eigenvalue weighted by molar-refractivity contribution is 5.78. The molecular formula is C11H8F3O. The quantitative estimate of drug-likeness (QED) is 0.701. The molecule has 1 heterocycles. The number of halogens is 3. The van der Waals surface area contributed by atoms with E-state index in [1.54, 1.807) is 6.07 Å². The Morgan fingerprint density at radius 3 is 2.53 bits per heavy atom. The van der Waals surface area contributed by atoms with Crippen molar-refractivity contribution in [2.24, 2.45) is 0 Å². The van der Waals surface area contributed by atoms with Crippen molar-refractivity contribution in [3.8, 4) is 0 Å². The second-order valence-corrected chi connectivity index (χ2v) is 3.21. The lowest BCUT2D eigenvalue weighted by atomic mass is 10.1. The molecule has 0 aliphatic rings. The van der Waals surface area contributed by atoms with Gasteiger partial charge in [0.05, 0.1) is 5.56 Å². The molecule has 0 aliphatic carbocycles. The molecule has 0 N–H and O–H groups in total. The van der Waals surface area contributed by atoms with E-state index in [-0.39, 0.29) is 5.58 Å². The molecule has 2 rings (SSSR count). The minimum Gasteiger partial charge on any atom is -0.461 e. The average Bonchev–Trinajstić information content (AvgIpc) is 2.57. The van der Waals surface area contributed by atoms with Crippen LogP contribution in [0, 0.1) is 6.92 Å². The largest absolute Gasteiger partial charge is 0.461 e. The molecule has 4 heteroatoms. The van der Waals surface area contributed by atoms with E-state index in [0.717, 1.165) is 12.1 Å². The van der Waals surface area contributed by atoms with Crippen molar-refractivity contribution in [3.63, 3.8) is 0 Å². The lowest BCUT2D eigenvalue weighted by Gasteiger charge is -2.04. The molecular weight excluding hydrogens is 205 g/mol. The smallest absolute Gasteiger partial charge is 0.416 e. The predicted molar refractivity (Wildman–Crippen MR) is 50.3 cm³/mol. The van der Waals surface area contributed by atoms with Crippen molar-refractivity contribution in [3.05, 3.63) is 42.5 Å². The molecule has 0 fully saturated rings. The molecule has 2 aromatic rings. The summed E-state index contributed by atoms with van der Waals surface area (Å²) in [5.74, 6) is 0.587. The number of hydrogen-bond acceptors (Lipinski definition) is 1. The van der Waals surface area contributed by atoms with Crippen LogP contribution < -0.4 is 0 Å². The Kier molecular flexibility index (Phi) is 2.21. The van der Waals surface area contributed by atoms with E-state index in [1.165, 1.54) is 6.07 Å². The number of fused-ring (bicyclic) bond motifs is 1. The second kappa shape index (κ2) is 3.29. The molecule has 1 nitrogen and oxygen atoms in total. The van der Waals surface area contributed by atoms with E-state index in [2.05, 4.69) is 6.92 Å². The zero-order valence-electron chi connectivity index (χ0n) is 7.77. The fourth-order valence-electron chi connectivity index (χ4n) is 1.39. The molecule has 0 atom stereocenters. The number of benzene rings is 1. The van der Waals surface area contributed by atoms with Crippen LogP contribution in [0.5, 0.6) is 0 Å². The van der Waals surface area contributed by atoms with Gasteiger partial charge < -0.3 is 4.42 Å². The van der Waals surface area contributed by atoms with Crippen LogP contribution in [0.15, 0.2) is 28.7 Å². The Morgan fingerprint density at radius 2 is 1.93 bits per heavy atom. The second-order valence-electron chi connectivity index (χ2n) is 3.21. The van der Waals surface area contributed by atoms with Gasteiger partial charge in [-0.25, -0.2) is 0 Å². The number of alkyl halides is 3. The van der Waals surface area contributed by atoms with E-state index in [0.29, 0.717) is 17.6 Å². The number of rotatable bonds is 1. The Hall–Kier alpha value is -1.45. The van der Waals surface area contributed by atoms with Gasteiger partial charge in [-0.3, -0.25) is 0 Å². The first kappa shape index (κ1) is 10.1. The Morgan fingerprint density at radius 1 is 1.20 bits per heavy atom. The Bertz CT molecular complexity index is 482. The fourth-order valence-corrected chi connectivity index (χ4v) is 1.39. The molecule has 0 saturated heterocycles. The summed E-state index contributed by atoms with van der Waals surface area (Å²) >= 11 is 0. The molecule has 0 aliphatic heterocycles. The molecule has 15 heavy (non-hydrogen) atoms. The zero-order chi connectivity index (χ0) is 11.1. The molecule has 0 spiro atoms. The predicted octanol–water partition coefficient (Wildman–Crippen LogP) is 3.83. The third kappa shape index (κ3) is 1.84. The Labute approximate surface area is 84.5 Å². The fraction of sp³-hybridized carbons (Fsp3) is 0.182. The van der Waals surface area contributed by atoms with Gasteiger partial charge in [0.2, 0.25) is 0 Å². The maximum atomic E-state index is 12.4. The van der Waals surface area contributed by atoms with Gasteiger partial charge in [0, 0.05) is 11.8 Å². The summed E-state index contributed by atoms with van der Waals surface area (Å²) < 4.78 is 42.2. The van der Waals surface area contributed by atoms with Crippen molar-refractivity contribution in [1.29, 1.82) is 0 Å². The van der Waals surface area contributed by atoms with Crippen molar-refractivity contribution in [2.45, 2.75) is 12.6 Å². The molecule has 0 saturated carbocycles. The summed E-state index contributed by atoms with van der Waals surface area (Å²) in [4.78, 5) is 0. The monoisotopic (exact) mass is 213 g/mol. The third-order valence-electron chi connectivity index (χ3n) is 2.14. The number of furan rings is 1. The maximum absolute atomic E-state index is 12.4. The lowest BCUT2D eigenvalue weighted by Crippen LogP contribution is -2.03. The normalized spacial score (nSPS) is 12.3. The van der Waals surface area contributed by atoms with Crippen molar-refractivity contribution in [2.75, 3.05) is 0 Å². The van der Waals surface area contributed by atoms with Crippen LogP contribution in [0.4, 0.5) is 13.2 Å². The summed E-state index contributed by atoms with van der Waals surface area (Å²) in [5, 5.41) is 0.668. The van der Waals surface area contributed by atoms with Crippen molar-refractivity contribution < 1.29 is 17.6 Å². The summed E-state index contributed by atoms with van der Waals surface area (Å²) in [6, 6.07) is 5.16. The minimum absolute atomic E-state index is 0.253. The highest BCUT2D eigenvalue weighted by atomic mass is 19.4. The third-order valence-corrected chi connectivity index (χ3v) is 2.14. The van der Waals surface area contributed by atoms with Crippen LogP contribution in [0.2, 0.25) is 0 Å². The van der Waals surface area contributed by atoms with Crippen molar-refractivity contribution >= 4 is 11.0 Å². The van der Waals surface area contributed by atoms with Gasteiger partial charge in [-0.1, -0.05) is 6.07 Å².